The topological polar surface area (TPSA) is 37.4 Å². The van der Waals surface area contributed by atoms with Gasteiger partial charge < -0.3 is 0 Å². The van der Waals surface area contributed by atoms with Crippen LogP contribution >= 0.6 is 11.8 Å². The maximum absolute atomic E-state index is 13.2. The molecule has 6 heteroatoms. The molecule has 1 atom stereocenters. The maximum Gasteiger partial charge on any atom is 0.244 e. The number of hydrogen-bond acceptors (Lipinski definition) is 3. The monoisotopic (exact) mass is 399 g/mol. The maximum atomic E-state index is 13.2. The smallest absolute Gasteiger partial charge is 0.207 e. The lowest BCUT2D eigenvalue weighted by Gasteiger charge is -2.25. The Hall–Kier alpha value is -1.89. The zero-order valence-electron chi connectivity index (χ0n) is 14.6. The van der Waals surface area contributed by atoms with Crippen LogP contribution in [0.3, 0.4) is 0 Å². The molecular formula is C21H18FNO2S2. The van der Waals surface area contributed by atoms with Crippen LogP contribution in [0.1, 0.15) is 22.1 Å². The molecule has 1 saturated heterocycles. The van der Waals surface area contributed by atoms with Crippen molar-refractivity contribution < 1.29 is 12.8 Å². The number of thioether (sulfide) groups is 1. The van der Waals surface area contributed by atoms with E-state index in [1.807, 2.05) is 0 Å². The molecule has 27 heavy (non-hydrogen) atoms. The summed E-state index contributed by atoms with van der Waals surface area (Å²) in [5.41, 5.74) is 3.74. The summed E-state index contributed by atoms with van der Waals surface area (Å²) in [7, 11) is -3.68. The van der Waals surface area contributed by atoms with Gasteiger partial charge in [-0.05, 0) is 64.6 Å². The van der Waals surface area contributed by atoms with Gasteiger partial charge in [0.1, 0.15) is 5.82 Å². The fraction of sp³-hybridized carbons (Fsp3) is 0.238. The van der Waals surface area contributed by atoms with Crippen molar-refractivity contribution in [3.05, 3.63) is 77.1 Å². The summed E-state index contributed by atoms with van der Waals surface area (Å²) in [6.45, 7) is 0.456. The molecule has 0 radical (unpaired) electrons. The van der Waals surface area contributed by atoms with E-state index < -0.39 is 15.8 Å². The van der Waals surface area contributed by atoms with E-state index in [-0.39, 0.29) is 10.3 Å². The molecule has 1 fully saturated rings. The molecule has 0 spiro atoms. The lowest BCUT2D eigenvalue weighted by atomic mass is 10.00. The van der Waals surface area contributed by atoms with Gasteiger partial charge in [0.2, 0.25) is 10.0 Å². The average molecular weight is 400 g/mol. The van der Waals surface area contributed by atoms with E-state index in [4.69, 9.17) is 0 Å². The standard InChI is InChI=1S/C21H18FNO2S2/c22-16-7-9-17(10-8-16)27(24,25)23-12-13-26-21(23)19-11-6-15-5-4-14-2-1-3-18(19)20(14)15/h1-3,6-11,21H,4-5,12-13H2/t21-/m0/s1. The molecule has 0 aromatic heterocycles. The number of halogens is 1. The van der Waals surface area contributed by atoms with E-state index in [9.17, 15) is 12.8 Å². The molecule has 0 N–H and O–H groups in total. The minimum absolute atomic E-state index is 0.141. The quantitative estimate of drug-likeness (QED) is 0.650. The highest BCUT2D eigenvalue weighted by Crippen LogP contribution is 2.45. The van der Waals surface area contributed by atoms with Crippen molar-refractivity contribution in [1.82, 2.24) is 4.31 Å². The molecule has 0 unspecified atom stereocenters. The third-order valence-electron chi connectivity index (χ3n) is 5.45. The number of nitrogens with zero attached hydrogens (tertiary/aromatic N) is 1. The summed E-state index contributed by atoms with van der Waals surface area (Å²) in [5.74, 6) is 0.308. The van der Waals surface area contributed by atoms with Crippen LogP contribution in [-0.2, 0) is 22.9 Å². The Kier molecular flexibility index (Phi) is 4.04. The molecule has 0 saturated carbocycles. The van der Waals surface area contributed by atoms with E-state index in [1.165, 1.54) is 40.8 Å². The van der Waals surface area contributed by atoms with Gasteiger partial charge in [-0.25, -0.2) is 12.8 Å². The first-order chi connectivity index (χ1) is 13.1. The van der Waals surface area contributed by atoms with Crippen LogP contribution in [0, 0.1) is 5.82 Å². The molecule has 5 rings (SSSR count). The zero-order chi connectivity index (χ0) is 18.6. The zero-order valence-corrected chi connectivity index (χ0v) is 16.2. The van der Waals surface area contributed by atoms with Gasteiger partial charge in [0.25, 0.3) is 0 Å². The predicted octanol–water partition coefficient (Wildman–Crippen LogP) is 4.51. The number of sulfonamides is 1. The van der Waals surface area contributed by atoms with Gasteiger partial charge in [-0.1, -0.05) is 30.3 Å². The average Bonchev–Trinajstić information content (AvgIpc) is 3.32. The summed E-state index contributed by atoms with van der Waals surface area (Å²) in [6, 6.07) is 15.7. The Bertz CT molecular complexity index is 1130. The highest BCUT2D eigenvalue weighted by atomic mass is 32.2. The number of aryl methyl sites for hydroxylation is 2. The van der Waals surface area contributed by atoms with Gasteiger partial charge in [0.15, 0.2) is 0 Å². The largest absolute Gasteiger partial charge is 0.244 e. The molecular weight excluding hydrogens is 381 g/mol. The fourth-order valence-corrected chi connectivity index (χ4v) is 7.44. The number of benzene rings is 3. The van der Waals surface area contributed by atoms with Crippen molar-refractivity contribution in [2.24, 2.45) is 0 Å². The van der Waals surface area contributed by atoms with Crippen LogP contribution in [0.4, 0.5) is 4.39 Å². The second-order valence-electron chi connectivity index (χ2n) is 6.95. The van der Waals surface area contributed by atoms with Crippen LogP contribution in [-0.4, -0.2) is 25.0 Å². The minimum Gasteiger partial charge on any atom is -0.207 e. The van der Waals surface area contributed by atoms with Gasteiger partial charge in [-0.3, -0.25) is 0 Å². The normalized spacial score (nSPS) is 19.8. The second kappa shape index (κ2) is 6.33. The molecule has 0 bridgehead atoms. The number of rotatable bonds is 3. The van der Waals surface area contributed by atoms with Crippen LogP contribution in [0.5, 0.6) is 0 Å². The van der Waals surface area contributed by atoms with Crippen molar-refractivity contribution in [2.45, 2.75) is 23.1 Å². The van der Waals surface area contributed by atoms with E-state index in [1.54, 1.807) is 16.1 Å². The SMILES string of the molecule is O=S(=O)(c1ccc(F)cc1)N1CCS[C@H]1c1ccc2c3c(cccc13)CC2. The first-order valence-corrected chi connectivity index (χ1v) is 11.5. The minimum atomic E-state index is -3.68. The third kappa shape index (κ3) is 2.70. The highest BCUT2D eigenvalue weighted by molar-refractivity contribution is 8.01. The van der Waals surface area contributed by atoms with E-state index in [2.05, 4.69) is 30.3 Å². The van der Waals surface area contributed by atoms with Crippen LogP contribution in [0.15, 0.2) is 59.5 Å². The van der Waals surface area contributed by atoms with Crippen molar-refractivity contribution in [3.63, 3.8) is 0 Å². The molecule has 3 aromatic carbocycles. The first-order valence-electron chi connectivity index (χ1n) is 8.98. The molecule has 1 heterocycles. The van der Waals surface area contributed by atoms with Gasteiger partial charge in [0.05, 0.1) is 10.3 Å². The summed E-state index contributed by atoms with van der Waals surface area (Å²) < 4.78 is 41.2. The predicted molar refractivity (Wildman–Crippen MR) is 107 cm³/mol. The van der Waals surface area contributed by atoms with Crippen molar-refractivity contribution in [2.75, 3.05) is 12.3 Å². The molecule has 138 valence electrons. The van der Waals surface area contributed by atoms with Crippen molar-refractivity contribution in [3.8, 4) is 0 Å². The van der Waals surface area contributed by atoms with Gasteiger partial charge in [-0.2, -0.15) is 4.31 Å². The Morgan fingerprint density at radius 3 is 2.48 bits per heavy atom. The van der Waals surface area contributed by atoms with E-state index in [0.717, 1.165) is 29.5 Å². The fourth-order valence-electron chi connectivity index (χ4n) is 4.17. The van der Waals surface area contributed by atoms with Crippen LogP contribution in [0.2, 0.25) is 0 Å². The first kappa shape index (κ1) is 17.2. The molecule has 2 aliphatic rings. The van der Waals surface area contributed by atoms with Crippen LogP contribution < -0.4 is 0 Å². The van der Waals surface area contributed by atoms with Crippen molar-refractivity contribution in [1.29, 1.82) is 0 Å². The lowest BCUT2D eigenvalue weighted by molar-refractivity contribution is 0.435. The molecule has 3 aromatic rings. The lowest BCUT2D eigenvalue weighted by Crippen LogP contribution is -2.30. The summed E-state index contributed by atoms with van der Waals surface area (Å²) in [4.78, 5) is 0.141. The molecule has 3 nitrogen and oxygen atoms in total. The Morgan fingerprint density at radius 1 is 0.963 bits per heavy atom. The van der Waals surface area contributed by atoms with E-state index in [0.29, 0.717) is 6.54 Å². The number of hydrogen-bond donors (Lipinski definition) is 0. The van der Waals surface area contributed by atoms with Gasteiger partial charge in [-0.15, -0.1) is 11.8 Å². The molecule has 1 aliphatic heterocycles. The van der Waals surface area contributed by atoms with Crippen LogP contribution in [0.25, 0.3) is 10.8 Å². The van der Waals surface area contributed by atoms with E-state index >= 15 is 0 Å². The summed E-state index contributed by atoms with van der Waals surface area (Å²) in [5, 5.41) is 2.19. The molecule has 1 aliphatic carbocycles. The second-order valence-corrected chi connectivity index (χ2v) is 10.0. The Balaban J connectivity index is 1.62. The third-order valence-corrected chi connectivity index (χ3v) is 8.70. The Labute approximate surface area is 162 Å². The summed E-state index contributed by atoms with van der Waals surface area (Å²) >= 11 is 1.65. The molecule has 0 amide bonds. The Morgan fingerprint density at radius 2 is 1.70 bits per heavy atom. The van der Waals surface area contributed by atoms with Gasteiger partial charge in [0, 0.05) is 12.3 Å². The van der Waals surface area contributed by atoms with Crippen molar-refractivity contribution >= 4 is 32.6 Å². The summed E-state index contributed by atoms with van der Waals surface area (Å²) in [6.07, 6.45) is 2.09. The highest BCUT2D eigenvalue weighted by Gasteiger charge is 2.38. The van der Waals surface area contributed by atoms with Gasteiger partial charge >= 0.3 is 0 Å².